The normalized spacial score (nSPS) is 14.0. The predicted octanol–water partition coefficient (Wildman–Crippen LogP) is 3.30. The number of amides is 2. The van der Waals surface area contributed by atoms with E-state index in [1.165, 1.54) is 11.9 Å². The molecule has 0 atom stereocenters. The van der Waals surface area contributed by atoms with Gasteiger partial charge in [0.1, 0.15) is 5.82 Å². The molecule has 0 spiro atoms. The molecule has 2 N–H and O–H groups in total. The lowest BCUT2D eigenvalue weighted by Crippen LogP contribution is -2.53. The van der Waals surface area contributed by atoms with E-state index in [-0.39, 0.29) is 16.7 Å². The van der Waals surface area contributed by atoms with E-state index >= 15 is 0 Å². The molecule has 1 fully saturated rings. The maximum atomic E-state index is 14.5. The van der Waals surface area contributed by atoms with Crippen LogP contribution in [0.4, 0.5) is 4.39 Å². The van der Waals surface area contributed by atoms with Gasteiger partial charge in [0.05, 0.1) is 10.8 Å². The van der Waals surface area contributed by atoms with Gasteiger partial charge in [0, 0.05) is 19.5 Å². The van der Waals surface area contributed by atoms with E-state index in [9.17, 15) is 14.0 Å². The first kappa shape index (κ1) is 19.4. The maximum Gasteiger partial charge on any atom is 0.269 e. The molecule has 27 heavy (non-hydrogen) atoms. The van der Waals surface area contributed by atoms with Gasteiger partial charge in [-0.05, 0) is 35.7 Å². The molecule has 2 aromatic carbocycles. The number of hydrogen-bond acceptors (Lipinski definition) is 4. The van der Waals surface area contributed by atoms with Crippen LogP contribution in [0.15, 0.2) is 42.5 Å². The minimum absolute atomic E-state index is 0.00153. The van der Waals surface area contributed by atoms with E-state index in [4.69, 9.17) is 0 Å². The lowest BCUT2D eigenvalue weighted by molar-refractivity contribution is -0.133. The van der Waals surface area contributed by atoms with E-state index < -0.39 is 11.7 Å². The second-order valence-corrected chi connectivity index (χ2v) is 7.58. The Bertz CT molecular complexity index is 839. The maximum absolute atomic E-state index is 14.5. The molecule has 142 valence electrons. The molecule has 0 radical (unpaired) electrons. The zero-order valence-electron chi connectivity index (χ0n) is 15.3. The Balaban J connectivity index is 1.60. The van der Waals surface area contributed by atoms with E-state index in [2.05, 4.69) is 10.3 Å². The Hall–Kier alpha value is -2.38. The van der Waals surface area contributed by atoms with Crippen LogP contribution in [0.5, 0.6) is 0 Å². The first-order chi connectivity index (χ1) is 13.0. The molecule has 0 unspecified atom stereocenters. The quantitative estimate of drug-likeness (QED) is 0.590. The number of hydrazine groups is 1. The van der Waals surface area contributed by atoms with Gasteiger partial charge in [0.2, 0.25) is 5.91 Å². The van der Waals surface area contributed by atoms with Crippen molar-refractivity contribution >= 4 is 23.8 Å². The summed E-state index contributed by atoms with van der Waals surface area (Å²) in [5.41, 5.74) is 4.67. The standard InChI is InChI=1S/C20H22FN3O2S/c1-3-18(25)24-11-16(12-24)27-23-22-20(26)17-10-15(9-13(2)19(17)21)14-7-5-4-6-8-14/h4-10,16,23H,3,11-12H2,1-2H3,(H,22,26). The highest BCUT2D eigenvalue weighted by Crippen LogP contribution is 2.25. The number of aryl methyl sites for hydroxylation is 1. The van der Waals surface area contributed by atoms with Crippen molar-refractivity contribution in [2.75, 3.05) is 13.1 Å². The van der Waals surface area contributed by atoms with Gasteiger partial charge in [-0.15, -0.1) is 0 Å². The highest BCUT2D eigenvalue weighted by molar-refractivity contribution is 7.98. The van der Waals surface area contributed by atoms with E-state index in [1.54, 1.807) is 24.0 Å². The second-order valence-electron chi connectivity index (χ2n) is 6.47. The van der Waals surface area contributed by atoms with Gasteiger partial charge < -0.3 is 4.90 Å². The van der Waals surface area contributed by atoms with Crippen molar-refractivity contribution in [3.63, 3.8) is 0 Å². The van der Waals surface area contributed by atoms with Gasteiger partial charge in [0.25, 0.3) is 5.91 Å². The number of hydrogen-bond donors (Lipinski definition) is 2. The number of likely N-dealkylation sites (tertiary alicyclic amines) is 1. The van der Waals surface area contributed by atoms with Crippen molar-refractivity contribution in [2.24, 2.45) is 0 Å². The third kappa shape index (κ3) is 4.48. The Morgan fingerprint density at radius 1 is 1.19 bits per heavy atom. The highest BCUT2D eigenvalue weighted by atomic mass is 32.2. The van der Waals surface area contributed by atoms with Crippen LogP contribution in [-0.2, 0) is 4.79 Å². The summed E-state index contributed by atoms with van der Waals surface area (Å²) in [7, 11) is 0. The third-order valence-electron chi connectivity index (χ3n) is 4.50. The summed E-state index contributed by atoms with van der Waals surface area (Å²) in [5, 5.41) is 0.211. The van der Waals surface area contributed by atoms with Crippen LogP contribution in [0.1, 0.15) is 29.3 Å². The van der Waals surface area contributed by atoms with Crippen molar-refractivity contribution in [1.82, 2.24) is 15.2 Å². The average Bonchev–Trinajstić information content (AvgIpc) is 2.65. The number of benzene rings is 2. The molecule has 1 aliphatic heterocycles. The Labute approximate surface area is 162 Å². The Morgan fingerprint density at radius 2 is 1.89 bits per heavy atom. The van der Waals surface area contributed by atoms with Crippen LogP contribution in [-0.4, -0.2) is 35.1 Å². The summed E-state index contributed by atoms with van der Waals surface area (Å²) in [6, 6.07) is 12.8. The minimum atomic E-state index is -0.526. The molecule has 0 bridgehead atoms. The molecular weight excluding hydrogens is 365 g/mol. The Morgan fingerprint density at radius 3 is 2.56 bits per heavy atom. The first-order valence-electron chi connectivity index (χ1n) is 8.84. The summed E-state index contributed by atoms with van der Waals surface area (Å²) >= 11 is 1.33. The molecule has 0 saturated carbocycles. The molecule has 3 rings (SSSR count). The molecule has 2 amide bonds. The summed E-state index contributed by atoms with van der Waals surface area (Å²) in [6.07, 6.45) is 0.498. The van der Waals surface area contributed by atoms with E-state index in [0.29, 0.717) is 25.1 Å². The van der Waals surface area contributed by atoms with Crippen LogP contribution in [0, 0.1) is 12.7 Å². The average molecular weight is 387 g/mol. The number of nitrogens with one attached hydrogen (secondary N) is 2. The minimum Gasteiger partial charge on any atom is -0.340 e. The SMILES string of the molecule is CCC(=O)N1CC(SNNC(=O)c2cc(-c3ccccc3)cc(C)c2F)C1. The van der Waals surface area contributed by atoms with Crippen molar-refractivity contribution in [3.8, 4) is 11.1 Å². The zero-order chi connectivity index (χ0) is 19.4. The van der Waals surface area contributed by atoms with Crippen LogP contribution in [0.25, 0.3) is 11.1 Å². The number of carbonyl (C=O) groups is 2. The zero-order valence-corrected chi connectivity index (χ0v) is 16.1. The monoisotopic (exact) mass is 387 g/mol. The number of halogens is 1. The van der Waals surface area contributed by atoms with Crippen LogP contribution < -0.4 is 10.3 Å². The Kier molecular flexibility index (Phi) is 6.13. The number of rotatable bonds is 6. The van der Waals surface area contributed by atoms with Gasteiger partial charge in [-0.3, -0.25) is 15.0 Å². The third-order valence-corrected chi connectivity index (χ3v) is 5.35. The molecule has 2 aromatic rings. The fourth-order valence-electron chi connectivity index (χ4n) is 2.90. The summed E-state index contributed by atoms with van der Waals surface area (Å²) in [5.74, 6) is -0.921. The van der Waals surface area contributed by atoms with Gasteiger partial charge in [-0.2, -0.15) is 4.83 Å². The lowest BCUT2D eigenvalue weighted by atomic mass is 9.99. The molecule has 7 heteroatoms. The van der Waals surface area contributed by atoms with Gasteiger partial charge in [-0.1, -0.05) is 49.2 Å². The molecule has 5 nitrogen and oxygen atoms in total. The van der Waals surface area contributed by atoms with Crippen LogP contribution in [0.3, 0.4) is 0 Å². The lowest BCUT2D eigenvalue weighted by Gasteiger charge is -2.38. The fourth-order valence-corrected chi connectivity index (χ4v) is 3.73. The van der Waals surface area contributed by atoms with Gasteiger partial charge >= 0.3 is 0 Å². The topological polar surface area (TPSA) is 61.4 Å². The van der Waals surface area contributed by atoms with Gasteiger partial charge in [-0.25, -0.2) is 4.39 Å². The van der Waals surface area contributed by atoms with Crippen molar-refractivity contribution in [1.29, 1.82) is 0 Å². The fraction of sp³-hybridized carbons (Fsp3) is 0.300. The predicted molar refractivity (Wildman–Crippen MR) is 105 cm³/mol. The van der Waals surface area contributed by atoms with E-state index in [1.807, 2.05) is 37.3 Å². The molecule has 1 saturated heterocycles. The van der Waals surface area contributed by atoms with Crippen molar-refractivity contribution in [2.45, 2.75) is 25.5 Å². The molecule has 1 heterocycles. The molecule has 0 aliphatic carbocycles. The summed E-state index contributed by atoms with van der Waals surface area (Å²) < 4.78 is 14.5. The molecule has 1 aliphatic rings. The van der Waals surface area contributed by atoms with E-state index in [0.717, 1.165) is 11.1 Å². The van der Waals surface area contributed by atoms with Crippen LogP contribution >= 0.6 is 11.9 Å². The summed E-state index contributed by atoms with van der Waals surface area (Å²) in [6.45, 7) is 4.78. The number of nitrogens with zero attached hydrogens (tertiary/aromatic N) is 1. The summed E-state index contributed by atoms with van der Waals surface area (Å²) in [4.78, 5) is 28.5. The highest BCUT2D eigenvalue weighted by Gasteiger charge is 2.30. The van der Waals surface area contributed by atoms with Gasteiger partial charge in [0.15, 0.2) is 0 Å². The van der Waals surface area contributed by atoms with Crippen molar-refractivity contribution < 1.29 is 14.0 Å². The largest absolute Gasteiger partial charge is 0.340 e. The number of carbonyl (C=O) groups excluding carboxylic acids is 2. The first-order valence-corrected chi connectivity index (χ1v) is 9.72. The second kappa shape index (κ2) is 8.54. The van der Waals surface area contributed by atoms with Crippen LogP contribution in [0.2, 0.25) is 0 Å². The smallest absolute Gasteiger partial charge is 0.269 e. The van der Waals surface area contributed by atoms with Crippen molar-refractivity contribution in [3.05, 3.63) is 59.4 Å². The molecule has 0 aromatic heterocycles. The molecular formula is C20H22FN3O2S.